The molecule has 1 saturated heterocycles. The van der Waals surface area contributed by atoms with Gasteiger partial charge in [-0.3, -0.25) is 9.59 Å². The molecule has 1 aliphatic rings. The number of ether oxygens (including phenoxy) is 1. The zero-order chi connectivity index (χ0) is 13.8. The zero-order valence-corrected chi connectivity index (χ0v) is 9.57. The van der Waals surface area contributed by atoms with Crippen LogP contribution in [-0.4, -0.2) is 54.4 Å². The van der Waals surface area contributed by atoms with E-state index in [9.17, 15) is 22.8 Å². The second kappa shape index (κ2) is 6.03. The lowest BCUT2D eigenvalue weighted by Crippen LogP contribution is -2.44. The highest BCUT2D eigenvalue weighted by Crippen LogP contribution is 2.17. The SMILES string of the molecule is O=C(O)[C@@H]1CCCN(C(=O)COCC(F)(F)F)C1. The van der Waals surface area contributed by atoms with E-state index in [-0.39, 0.29) is 6.54 Å². The quantitative estimate of drug-likeness (QED) is 0.823. The van der Waals surface area contributed by atoms with E-state index in [1.165, 1.54) is 4.90 Å². The van der Waals surface area contributed by atoms with Crippen LogP contribution < -0.4 is 0 Å². The van der Waals surface area contributed by atoms with E-state index in [4.69, 9.17) is 5.11 Å². The third kappa shape index (κ3) is 4.91. The van der Waals surface area contributed by atoms with Gasteiger partial charge in [-0.2, -0.15) is 13.2 Å². The number of piperidine rings is 1. The van der Waals surface area contributed by atoms with E-state index >= 15 is 0 Å². The summed E-state index contributed by atoms with van der Waals surface area (Å²) in [6.45, 7) is -1.76. The summed E-state index contributed by atoms with van der Waals surface area (Å²) in [5.41, 5.74) is 0. The Balaban J connectivity index is 2.35. The van der Waals surface area contributed by atoms with Crippen LogP contribution in [0, 0.1) is 5.92 Å². The summed E-state index contributed by atoms with van der Waals surface area (Å²) < 4.78 is 39.6. The molecule has 0 unspecified atom stereocenters. The van der Waals surface area contributed by atoms with Crippen LogP contribution in [0.25, 0.3) is 0 Å². The average molecular weight is 269 g/mol. The highest BCUT2D eigenvalue weighted by atomic mass is 19.4. The van der Waals surface area contributed by atoms with Crippen molar-refractivity contribution in [1.82, 2.24) is 4.90 Å². The summed E-state index contributed by atoms with van der Waals surface area (Å²) in [5, 5.41) is 8.80. The van der Waals surface area contributed by atoms with Gasteiger partial charge in [0.2, 0.25) is 5.91 Å². The molecule has 104 valence electrons. The molecule has 1 rings (SSSR count). The summed E-state index contributed by atoms with van der Waals surface area (Å²) in [4.78, 5) is 23.5. The minimum atomic E-state index is -4.47. The van der Waals surface area contributed by atoms with Crippen molar-refractivity contribution < 1.29 is 32.6 Å². The predicted octanol–water partition coefficient (Wildman–Crippen LogP) is 0.889. The normalized spacial score (nSPS) is 20.8. The van der Waals surface area contributed by atoms with Gasteiger partial charge in [0.25, 0.3) is 0 Å². The van der Waals surface area contributed by atoms with Gasteiger partial charge < -0.3 is 14.7 Å². The fourth-order valence-electron chi connectivity index (χ4n) is 1.75. The van der Waals surface area contributed by atoms with Crippen LogP contribution in [0.5, 0.6) is 0 Å². The van der Waals surface area contributed by atoms with Crippen LogP contribution in [-0.2, 0) is 14.3 Å². The minimum Gasteiger partial charge on any atom is -0.481 e. The summed E-state index contributed by atoms with van der Waals surface area (Å²) in [6, 6.07) is 0. The second-order valence-electron chi connectivity index (χ2n) is 4.13. The Morgan fingerprint density at radius 3 is 2.61 bits per heavy atom. The Hall–Kier alpha value is -1.31. The molecular weight excluding hydrogens is 255 g/mol. The molecule has 0 aromatic rings. The fourth-order valence-corrected chi connectivity index (χ4v) is 1.75. The number of carboxylic acids is 1. The van der Waals surface area contributed by atoms with Crippen LogP contribution in [0.15, 0.2) is 0 Å². The number of likely N-dealkylation sites (tertiary alicyclic amines) is 1. The van der Waals surface area contributed by atoms with Gasteiger partial charge in [-0.1, -0.05) is 0 Å². The van der Waals surface area contributed by atoms with Crippen LogP contribution in [0.4, 0.5) is 13.2 Å². The number of carbonyl (C=O) groups is 2. The molecule has 18 heavy (non-hydrogen) atoms. The first-order valence-corrected chi connectivity index (χ1v) is 5.44. The molecule has 1 amide bonds. The van der Waals surface area contributed by atoms with Crippen molar-refractivity contribution in [2.24, 2.45) is 5.92 Å². The second-order valence-corrected chi connectivity index (χ2v) is 4.13. The maximum absolute atomic E-state index is 11.8. The molecule has 0 aliphatic carbocycles. The summed E-state index contributed by atoms with van der Waals surface area (Å²) in [5.74, 6) is -2.25. The molecule has 0 aromatic heterocycles. The van der Waals surface area contributed by atoms with E-state index in [2.05, 4.69) is 4.74 Å². The lowest BCUT2D eigenvalue weighted by molar-refractivity contribution is -0.178. The van der Waals surface area contributed by atoms with E-state index in [0.29, 0.717) is 19.4 Å². The number of hydrogen-bond donors (Lipinski definition) is 1. The lowest BCUT2D eigenvalue weighted by Gasteiger charge is -2.30. The van der Waals surface area contributed by atoms with Gasteiger partial charge in [-0.15, -0.1) is 0 Å². The summed E-state index contributed by atoms with van der Waals surface area (Å²) in [6.07, 6.45) is -3.46. The smallest absolute Gasteiger partial charge is 0.411 e. The Morgan fingerprint density at radius 1 is 1.39 bits per heavy atom. The van der Waals surface area contributed by atoms with Gasteiger partial charge in [0.15, 0.2) is 0 Å². The highest BCUT2D eigenvalue weighted by molar-refractivity contribution is 5.79. The van der Waals surface area contributed by atoms with Gasteiger partial charge in [0.05, 0.1) is 5.92 Å². The molecule has 1 fully saturated rings. The highest BCUT2D eigenvalue weighted by Gasteiger charge is 2.30. The van der Waals surface area contributed by atoms with Gasteiger partial charge in [0.1, 0.15) is 13.2 Å². The van der Waals surface area contributed by atoms with E-state index in [1.54, 1.807) is 0 Å². The fraction of sp³-hybridized carbons (Fsp3) is 0.800. The van der Waals surface area contributed by atoms with Gasteiger partial charge >= 0.3 is 12.1 Å². The van der Waals surface area contributed by atoms with Crippen molar-refractivity contribution in [1.29, 1.82) is 0 Å². The molecular formula is C10H14F3NO4. The van der Waals surface area contributed by atoms with Crippen LogP contribution in [0.3, 0.4) is 0 Å². The van der Waals surface area contributed by atoms with Crippen molar-refractivity contribution in [2.45, 2.75) is 19.0 Å². The first-order valence-electron chi connectivity index (χ1n) is 5.44. The van der Waals surface area contributed by atoms with Gasteiger partial charge in [-0.05, 0) is 12.8 Å². The number of hydrogen-bond acceptors (Lipinski definition) is 3. The van der Waals surface area contributed by atoms with Crippen molar-refractivity contribution in [3.8, 4) is 0 Å². The van der Waals surface area contributed by atoms with E-state index < -0.39 is 37.2 Å². The Labute approximate surface area is 102 Å². The molecule has 8 heteroatoms. The number of rotatable bonds is 4. The predicted molar refractivity (Wildman–Crippen MR) is 53.8 cm³/mol. The third-order valence-electron chi connectivity index (χ3n) is 2.61. The van der Waals surface area contributed by atoms with E-state index in [1.807, 2.05) is 0 Å². The number of alkyl halides is 3. The number of nitrogens with zero attached hydrogens (tertiary/aromatic N) is 1. The molecule has 1 heterocycles. The summed E-state index contributed by atoms with van der Waals surface area (Å²) >= 11 is 0. The maximum atomic E-state index is 11.8. The Kier molecular flexibility index (Phi) is 4.94. The summed E-state index contributed by atoms with van der Waals surface area (Å²) in [7, 11) is 0. The van der Waals surface area contributed by atoms with Crippen LogP contribution in [0.2, 0.25) is 0 Å². The number of carboxylic acid groups (broad SMARTS) is 1. The van der Waals surface area contributed by atoms with Crippen molar-refractivity contribution >= 4 is 11.9 Å². The number of aliphatic carboxylic acids is 1. The average Bonchev–Trinajstić information content (AvgIpc) is 2.27. The van der Waals surface area contributed by atoms with Crippen molar-refractivity contribution in [3.63, 3.8) is 0 Å². The number of carbonyl (C=O) groups excluding carboxylic acids is 1. The lowest BCUT2D eigenvalue weighted by atomic mass is 9.98. The zero-order valence-electron chi connectivity index (χ0n) is 9.57. The molecule has 0 radical (unpaired) electrons. The molecule has 0 spiro atoms. The third-order valence-corrected chi connectivity index (χ3v) is 2.61. The molecule has 1 atom stereocenters. The molecule has 0 saturated carbocycles. The maximum Gasteiger partial charge on any atom is 0.411 e. The molecule has 0 aromatic carbocycles. The Morgan fingerprint density at radius 2 is 2.06 bits per heavy atom. The molecule has 1 aliphatic heterocycles. The molecule has 5 nitrogen and oxygen atoms in total. The van der Waals surface area contributed by atoms with Crippen molar-refractivity contribution in [3.05, 3.63) is 0 Å². The minimum absolute atomic E-state index is 0.0313. The standard InChI is InChI=1S/C10H14F3NO4/c11-10(12,13)6-18-5-8(15)14-3-1-2-7(4-14)9(16)17/h7H,1-6H2,(H,16,17)/t7-/m1/s1. The van der Waals surface area contributed by atoms with Gasteiger partial charge in [-0.25, -0.2) is 0 Å². The largest absolute Gasteiger partial charge is 0.481 e. The van der Waals surface area contributed by atoms with Crippen LogP contribution in [0.1, 0.15) is 12.8 Å². The Bertz CT molecular complexity index is 319. The topological polar surface area (TPSA) is 66.8 Å². The number of halogens is 3. The molecule has 0 bridgehead atoms. The van der Waals surface area contributed by atoms with Crippen LogP contribution >= 0.6 is 0 Å². The monoisotopic (exact) mass is 269 g/mol. The first kappa shape index (κ1) is 14.7. The van der Waals surface area contributed by atoms with Crippen molar-refractivity contribution in [2.75, 3.05) is 26.3 Å². The first-order chi connectivity index (χ1) is 8.29. The molecule has 1 N–H and O–H groups in total. The van der Waals surface area contributed by atoms with Gasteiger partial charge in [0, 0.05) is 13.1 Å². The van der Waals surface area contributed by atoms with E-state index in [0.717, 1.165) is 0 Å². The number of amides is 1.